The van der Waals surface area contributed by atoms with Gasteiger partial charge >= 0.3 is 0 Å². The lowest BCUT2D eigenvalue weighted by Gasteiger charge is -2.44. The summed E-state index contributed by atoms with van der Waals surface area (Å²) >= 11 is 0. The highest BCUT2D eigenvalue weighted by Gasteiger charge is 2.37. The van der Waals surface area contributed by atoms with Gasteiger partial charge in [-0.1, -0.05) is 58.0 Å². The number of rotatable bonds is 3. The molecule has 3 saturated heterocycles. The van der Waals surface area contributed by atoms with Gasteiger partial charge in [-0.15, -0.1) is 0 Å². The average Bonchev–Trinajstić information content (AvgIpc) is 2.60. The molecule has 1 atom stereocenters. The van der Waals surface area contributed by atoms with Crippen LogP contribution in [0.15, 0.2) is 30.3 Å². The summed E-state index contributed by atoms with van der Waals surface area (Å²) in [7, 11) is 0. The van der Waals surface area contributed by atoms with Crippen LogP contribution in [0.4, 0.5) is 0 Å². The second-order valence-electron chi connectivity index (χ2n) is 5.37. The Labute approximate surface area is 130 Å². The number of carbonyl (C=O) groups is 1. The van der Waals surface area contributed by atoms with E-state index in [0.717, 1.165) is 12.1 Å². The quantitative estimate of drug-likeness (QED) is 0.831. The van der Waals surface area contributed by atoms with E-state index < -0.39 is 0 Å². The smallest absolute Gasteiger partial charge is 0.141 e. The number of nitrogens with zero attached hydrogens (tertiary/aromatic N) is 1. The zero-order valence-corrected chi connectivity index (χ0v) is 14.1. The van der Waals surface area contributed by atoms with E-state index in [1.165, 1.54) is 25.9 Å². The first-order chi connectivity index (χ1) is 10.3. The van der Waals surface area contributed by atoms with Gasteiger partial charge in [0, 0.05) is 18.9 Å². The lowest BCUT2D eigenvalue weighted by atomic mass is 9.76. The van der Waals surface area contributed by atoms with Crippen LogP contribution in [0.5, 0.6) is 0 Å². The molecule has 0 spiro atoms. The number of Topliss-reactive ketones (excluding diaryl/α,β-unsaturated/α-hetero) is 1. The molecule has 0 amide bonds. The lowest BCUT2D eigenvalue weighted by molar-refractivity contribution is -0.128. The first-order valence-electron chi connectivity index (χ1n) is 8.62. The molecule has 0 radical (unpaired) electrons. The topological polar surface area (TPSA) is 20.3 Å². The molecular weight excluding hydrogens is 258 g/mol. The summed E-state index contributed by atoms with van der Waals surface area (Å²) in [4.78, 5) is 14.8. The van der Waals surface area contributed by atoms with Gasteiger partial charge in [0.15, 0.2) is 0 Å². The highest BCUT2D eigenvalue weighted by atomic mass is 16.1. The minimum absolute atomic E-state index is 0.303. The summed E-state index contributed by atoms with van der Waals surface area (Å²) in [6.07, 6.45) is 3.08. The van der Waals surface area contributed by atoms with Crippen LogP contribution in [0.1, 0.15) is 46.1 Å². The maximum Gasteiger partial charge on any atom is 0.141 e. The Hall–Kier alpha value is -1.15. The summed E-state index contributed by atoms with van der Waals surface area (Å²) in [5.74, 6) is 1.42. The van der Waals surface area contributed by atoms with E-state index in [0.29, 0.717) is 24.0 Å². The van der Waals surface area contributed by atoms with E-state index in [1.807, 2.05) is 45.9 Å². The lowest BCUT2D eigenvalue weighted by Crippen LogP contribution is -2.50. The molecule has 4 rings (SSSR count). The van der Waals surface area contributed by atoms with Crippen molar-refractivity contribution in [1.82, 2.24) is 4.90 Å². The monoisotopic (exact) mass is 289 g/mol. The van der Waals surface area contributed by atoms with E-state index >= 15 is 0 Å². The van der Waals surface area contributed by atoms with E-state index in [2.05, 4.69) is 17.0 Å². The summed E-state index contributed by atoms with van der Waals surface area (Å²) < 4.78 is 0. The predicted octanol–water partition coefficient (Wildman–Crippen LogP) is 4.19. The van der Waals surface area contributed by atoms with Gasteiger partial charge in [-0.2, -0.15) is 0 Å². The normalized spacial score (nSPS) is 26.0. The van der Waals surface area contributed by atoms with Crippen LogP contribution in [0.2, 0.25) is 0 Å². The number of hydrogen-bond acceptors (Lipinski definition) is 2. The second-order valence-corrected chi connectivity index (χ2v) is 5.37. The first kappa shape index (κ1) is 17.9. The van der Waals surface area contributed by atoms with Gasteiger partial charge in [0.05, 0.1) is 0 Å². The number of benzene rings is 1. The first-order valence-corrected chi connectivity index (χ1v) is 8.62. The standard InChI is InChI=1S/C15H19NO.2C2H6/c17-15(10-12-4-2-1-3-5-12)14-11-16-8-6-13(14)7-9-16;2*1-2/h1-5,13-14H,6-11H2;2*1-2H3. The Kier molecular flexibility index (Phi) is 8.29. The zero-order chi connectivity index (χ0) is 15.7. The predicted molar refractivity (Wildman–Crippen MR) is 90.5 cm³/mol. The number of carbonyl (C=O) groups excluding carboxylic acids is 1. The third-order valence-electron chi connectivity index (χ3n) is 4.29. The van der Waals surface area contributed by atoms with Crippen LogP contribution in [-0.4, -0.2) is 30.3 Å². The maximum absolute atomic E-state index is 12.3. The highest BCUT2D eigenvalue weighted by Crippen LogP contribution is 2.33. The van der Waals surface area contributed by atoms with Gasteiger partial charge in [0.25, 0.3) is 0 Å². The third kappa shape index (κ3) is 4.96. The molecular formula is C19H31NO. The molecule has 1 unspecified atom stereocenters. The van der Waals surface area contributed by atoms with Crippen molar-refractivity contribution in [2.24, 2.45) is 11.8 Å². The molecule has 0 N–H and O–H groups in total. The van der Waals surface area contributed by atoms with Crippen LogP contribution < -0.4 is 0 Å². The second kappa shape index (κ2) is 9.73. The van der Waals surface area contributed by atoms with Crippen molar-refractivity contribution in [2.75, 3.05) is 19.6 Å². The van der Waals surface area contributed by atoms with E-state index in [4.69, 9.17) is 0 Å². The maximum atomic E-state index is 12.3. The van der Waals surface area contributed by atoms with Crippen molar-refractivity contribution in [3.05, 3.63) is 35.9 Å². The minimum atomic E-state index is 0.303. The van der Waals surface area contributed by atoms with Crippen molar-refractivity contribution in [3.63, 3.8) is 0 Å². The molecule has 21 heavy (non-hydrogen) atoms. The van der Waals surface area contributed by atoms with Crippen LogP contribution in [0.25, 0.3) is 0 Å². The SMILES string of the molecule is CC.CC.O=C(Cc1ccccc1)C1CN2CCC1CC2. The van der Waals surface area contributed by atoms with E-state index in [9.17, 15) is 4.79 Å². The Balaban J connectivity index is 0.000000510. The molecule has 3 fully saturated rings. The fourth-order valence-corrected chi connectivity index (χ4v) is 3.26. The van der Waals surface area contributed by atoms with E-state index in [1.54, 1.807) is 0 Å². The molecule has 2 nitrogen and oxygen atoms in total. The average molecular weight is 289 g/mol. The molecule has 3 aliphatic heterocycles. The number of ketones is 1. The Morgan fingerprint density at radius 2 is 1.62 bits per heavy atom. The fraction of sp³-hybridized carbons (Fsp3) is 0.632. The summed E-state index contributed by atoms with van der Waals surface area (Å²) in [5.41, 5.74) is 1.16. The van der Waals surface area contributed by atoms with Crippen LogP contribution in [-0.2, 0) is 11.2 Å². The number of hydrogen-bond donors (Lipinski definition) is 0. The van der Waals surface area contributed by atoms with Crippen molar-refractivity contribution in [3.8, 4) is 0 Å². The minimum Gasteiger partial charge on any atom is -0.303 e. The molecule has 1 aromatic rings. The van der Waals surface area contributed by atoms with Gasteiger partial charge in [-0.25, -0.2) is 0 Å². The molecule has 0 aromatic heterocycles. The molecule has 118 valence electrons. The van der Waals surface area contributed by atoms with E-state index in [-0.39, 0.29) is 0 Å². The fourth-order valence-electron chi connectivity index (χ4n) is 3.26. The highest BCUT2D eigenvalue weighted by molar-refractivity contribution is 5.84. The van der Waals surface area contributed by atoms with Gasteiger partial charge in [-0.05, 0) is 37.4 Å². The summed E-state index contributed by atoms with van der Waals surface area (Å²) in [6.45, 7) is 11.4. The molecule has 1 aromatic carbocycles. The summed E-state index contributed by atoms with van der Waals surface area (Å²) in [5, 5.41) is 0. The Morgan fingerprint density at radius 1 is 1.05 bits per heavy atom. The number of piperidine rings is 3. The number of fused-ring (bicyclic) bond motifs is 3. The zero-order valence-electron chi connectivity index (χ0n) is 14.1. The van der Waals surface area contributed by atoms with Crippen molar-refractivity contribution in [2.45, 2.75) is 47.0 Å². The van der Waals surface area contributed by atoms with Crippen molar-refractivity contribution >= 4 is 5.78 Å². The third-order valence-corrected chi connectivity index (χ3v) is 4.29. The molecule has 2 bridgehead atoms. The molecule has 3 aliphatic rings. The van der Waals surface area contributed by atoms with Crippen LogP contribution in [0, 0.1) is 11.8 Å². The van der Waals surface area contributed by atoms with Gasteiger partial charge in [0.2, 0.25) is 0 Å². The summed E-state index contributed by atoms with van der Waals surface area (Å²) in [6, 6.07) is 10.1. The molecule has 3 heterocycles. The van der Waals surface area contributed by atoms with Crippen molar-refractivity contribution < 1.29 is 4.79 Å². The van der Waals surface area contributed by atoms with Crippen LogP contribution >= 0.6 is 0 Å². The Bertz CT molecular complexity index is 393. The Morgan fingerprint density at radius 3 is 2.10 bits per heavy atom. The molecule has 0 saturated carbocycles. The molecule has 2 heteroatoms. The van der Waals surface area contributed by atoms with Gasteiger partial charge < -0.3 is 4.90 Å². The van der Waals surface area contributed by atoms with Crippen molar-refractivity contribution in [1.29, 1.82) is 0 Å². The molecule has 0 aliphatic carbocycles. The van der Waals surface area contributed by atoms with Crippen LogP contribution in [0.3, 0.4) is 0 Å². The largest absolute Gasteiger partial charge is 0.303 e. The van der Waals surface area contributed by atoms with Gasteiger partial charge in [-0.3, -0.25) is 4.79 Å². The van der Waals surface area contributed by atoms with Gasteiger partial charge in [0.1, 0.15) is 5.78 Å².